The maximum atomic E-state index is 5.84. The standard InChI is InChI=1S/C15H22O/c1-11-5-4-8-15(3)13-12(7-10-16-13)6-9-14(11,15)2/h7,10-11H,4-6,8-9H2,1-3H3. The molecule has 1 heterocycles. The van der Waals surface area contributed by atoms with Gasteiger partial charge in [-0.05, 0) is 42.2 Å². The van der Waals surface area contributed by atoms with Gasteiger partial charge in [0.25, 0.3) is 0 Å². The molecule has 1 fully saturated rings. The van der Waals surface area contributed by atoms with Crippen LogP contribution in [0.1, 0.15) is 57.8 Å². The number of aryl methyl sites for hydroxylation is 1. The highest BCUT2D eigenvalue weighted by atomic mass is 16.3. The van der Waals surface area contributed by atoms with Crippen molar-refractivity contribution in [2.75, 3.05) is 0 Å². The molecule has 16 heavy (non-hydrogen) atoms. The van der Waals surface area contributed by atoms with Crippen molar-refractivity contribution in [1.29, 1.82) is 0 Å². The lowest BCUT2D eigenvalue weighted by molar-refractivity contribution is -0.00327. The molecule has 0 bridgehead atoms. The molecule has 0 saturated heterocycles. The quantitative estimate of drug-likeness (QED) is 0.632. The molecular formula is C15H22O. The summed E-state index contributed by atoms with van der Waals surface area (Å²) in [4.78, 5) is 0. The van der Waals surface area contributed by atoms with Crippen LogP contribution in [-0.2, 0) is 11.8 Å². The van der Waals surface area contributed by atoms with E-state index < -0.39 is 0 Å². The molecule has 1 saturated carbocycles. The molecule has 0 aliphatic heterocycles. The predicted molar refractivity (Wildman–Crippen MR) is 65.5 cm³/mol. The number of hydrogen-bond donors (Lipinski definition) is 0. The van der Waals surface area contributed by atoms with Gasteiger partial charge in [-0.25, -0.2) is 0 Å². The maximum Gasteiger partial charge on any atom is 0.113 e. The van der Waals surface area contributed by atoms with Gasteiger partial charge < -0.3 is 4.42 Å². The van der Waals surface area contributed by atoms with Crippen molar-refractivity contribution in [1.82, 2.24) is 0 Å². The zero-order valence-electron chi connectivity index (χ0n) is 10.7. The van der Waals surface area contributed by atoms with E-state index in [-0.39, 0.29) is 5.41 Å². The lowest BCUT2D eigenvalue weighted by atomic mass is 9.48. The van der Waals surface area contributed by atoms with E-state index in [0.29, 0.717) is 5.41 Å². The normalized spacial score (nSPS) is 42.6. The first-order valence-corrected chi connectivity index (χ1v) is 6.65. The Bertz CT molecular complexity index is 405. The molecule has 0 aromatic carbocycles. The van der Waals surface area contributed by atoms with Gasteiger partial charge in [-0.3, -0.25) is 0 Å². The van der Waals surface area contributed by atoms with E-state index in [1.807, 2.05) is 6.26 Å². The molecule has 88 valence electrons. The van der Waals surface area contributed by atoms with Crippen molar-refractivity contribution < 1.29 is 4.42 Å². The van der Waals surface area contributed by atoms with Crippen LogP contribution in [0.5, 0.6) is 0 Å². The number of rotatable bonds is 0. The third-order valence-electron chi connectivity index (χ3n) is 5.82. The summed E-state index contributed by atoms with van der Waals surface area (Å²) >= 11 is 0. The summed E-state index contributed by atoms with van der Waals surface area (Å²) < 4.78 is 5.84. The summed E-state index contributed by atoms with van der Waals surface area (Å²) in [7, 11) is 0. The van der Waals surface area contributed by atoms with E-state index >= 15 is 0 Å². The van der Waals surface area contributed by atoms with E-state index in [1.165, 1.54) is 43.4 Å². The minimum absolute atomic E-state index is 0.280. The van der Waals surface area contributed by atoms with Crippen molar-refractivity contribution >= 4 is 0 Å². The summed E-state index contributed by atoms with van der Waals surface area (Å²) in [6.45, 7) is 7.36. The lowest BCUT2D eigenvalue weighted by Gasteiger charge is -2.55. The van der Waals surface area contributed by atoms with Gasteiger partial charge in [0.2, 0.25) is 0 Å². The van der Waals surface area contributed by atoms with Crippen LogP contribution in [0.4, 0.5) is 0 Å². The summed E-state index contributed by atoms with van der Waals surface area (Å²) in [6.07, 6.45) is 8.48. The first-order chi connectivity index (χ1) is 7.58. The monoisotopic (exact) mass is 218 g/mol. The van der Waals surface area contributed by atoms with Crippen molar-refractivity contribution in [3.63, 3.8) is 0 Å². The highest BCUT2D eigenvalue weighted by Crippen LogP contribution is 2.60. The topological polar surface area (TPSA) is 13.1 Å². The van der Waals surface area contributed by atoms with Crippen molar-refractivity contribution in [3.8, 4) is 0 Å². The molecule has 2 aliphatic carbocycles. The Kier molecular flexibility index (Phi) is 2.05. The molecule has 0 spiro atoms. The Morgan fingerprint density at radius 1 is 1.31 bits per heavy atom. The number of fused-ring (bicyclic) bond motifs is 3. The van der Waals surface area contributed by atoms with Gasteiger partial charge in [0.15, 0.2) is 0 Å². The average Bonchev–Trinajstić information content (AvgIpc) is 2.71. The molecule has 0 amide bonds. The summed E-state index contributed by atoms with van der Waals surface area (Å²) in [6, 6.07) is 2.18. The second-order valence-corrected chi connectivity index (χ2v) is 6.32. The Morgan fingerprint density at radius 2 is 2.12 bits per heavy atom. The lowest BCUT2D eigenvalue weighted by Crippen LogP contribution is -2.51. The molecule has 0 radical (unpaired) electrons. The zero-order valence-corrected chi connectivity index (χ0v) is 10.7. The van der Waals surface area contributed by atoms with Gasteiger partial charge in [0.05, 0.1) is 6.26 Å². The highest BCUT2D eigenvalue weighted by molar-refractivity contribution is 5.32. The van der Waals surface area contributed by atoms with E-state index in [9.17, 15) is 0 Å². The molecule has 3 rings (SSSR count). The minimum atomic E-state index is 0.280. The summed E-state index contributed by atoms with van der Waals surface area (Å²) in [5.74, 6) is 2.12. The van der Waals surface area contributed by atoms with Crippen LogP contribution in [0.3, 0.4) is 0 Å². The van der Waals surface area contributed by atoms with Crippen LogP contribution in [0.2, 0.25) is 0 Å². The first-order valence-electron chi connectivity index (χ1n) is 6.65. The van der Waals surface area contributed by atoms with Gasteiger partial charge in [0.1, 0.15) is 5.76 Å². The van der Waals surface area contributed by atoms with Gasteiger partial charge in [-0.2, -0.15) is 0 Å². The Hall–Kier alpha value is -0.720. The third-order valence-corrected chi connectivity index (χ3v) is 5.82. The van der Waals surface area contributed by atoms with Crippen LogP contribution in [-0.4, -0.2) is 0 Å². The smallest absolute Gasteiger partial charge is 0.113 e. The highest BCUT2D eigenvalue weighted by Gasteiger charge is 2.55. The molecule has 3 unspecified atom stereocenters. The minimum Gasteiger partial charge on any atom is -0.468 e. The molecule has 1 aromatic rings. The molecule has 1 aromatic heterocycles. The fraction of sp³-hybridized carbons (Fsp3) is 0.733. The first kappa shape index (κ1) is 10.4. The van der Waals surface area contributed by atoms with Crippen LogP contribution >= 0.6 is 0 Å². The maximum absolute atomic E-state index is 5.84. The van der Waals surface area contributed by atoms with Crippen LogP contribution in [0, 0.1) is 11.3 Å². The number of furan rings is 1. The van der Waals surface area contributed by atoms with E-state index in [1.54, 1.807) is 0 Å². The van der Waals surface area contributed by atoms with Crippen LogP contribution in [0.15, 0.2) is 16.7 Å². The second-order valence-electron chi connectivity index (χ2n) is 6.32. The van der Waals surface area contributed by atoms with Gasteiger partial charge in [-0.15, -0.1) is 0 Å². The molecule has 1 heteroatoms. The van der Waals surface area contributed by atoms with Crippen molar-refractivity contribution in [3.05, 3.63) is 23.7 Å². The fourth-order valence-corrected chi connectivity index (χ4v) is 4.22. The van der Waals surface area contributed by atoms with Crippen molar-refractivity contribution in [2.45, 2.75) is 58.3 Å². The molecule has 3 atom stereocenters. The number of hydrogen-bond acceptors (Lipinski definition) is 1. The molecule has 2 aliphatic rings. The Balaban J connectivity index is 2.15. The van der Waals surface area contributed by atoms with Gasteiger partial charge in [0, 0.05) is 5.41 Å². The van der Waals surface area contributed by atoms with Crippen LogP contribution in [0.25, 0.3) is 0 Å². The fourth-order valence-electron chi connectivity index (χ4n) is 4.22. The third kappa shape index (κ3) is 1.07. The van der Waals surface area contributed by atoms with Gasteiger partial charge >= 0.3 is 0 Å². The largest absolute Gasteiger partial charge is 0.468 e. The second kappa shape index (κ2) is 3.15. The average molecular weight is 218 g/mol. The summed E-state index contributed by atoms with van der Waals surface area (Å²) in [5, 5.41) is 0. The van der Waals surface area contributed by atoms with Gasteiger partial charge in [-0.1, -0.05) is 33.6 Å². The zero-order chi connectivity index (χ0) is 11.4. The summed E-state index contributed by atoms with van der Waals surface area (Å²) in [5.41, 5.74) is 2.19. The van der Waals surface area contributed by atoms with Crippen LogP contribution < -0.4 is 0 Å². The Morgan fingerprint density at radius 3 is 2.94 bits per heavy atom. The Labute approximate surface area is 98.2 Å². The SMILES string of the molecule is CC1CCCC2(C)c3occc3CCC12C. The molecule has 0 N–H and O–H groups in total. The van der Waals surface area contributed by atoms with Crippen molar-refractivity contribution in [2.24, 2.45) is 11.3 Å². The van der Waals surface area contributed by atoms with E-state index in [2.05, 4.69) is 26.8 Å². The molecular weight excluding hydrogens is 196 g/mol. The molecule has 1 nitrogen and oxygen atoms in total. The van der Waals surface area contributed by atoms with E-state index in [4.69, 9.17) is 4.42 Å². The predicted octanol–water partition coefficient (Wildman–Crippen LogP) is 4.31. The van der Waals surface area contributed by atoms with E-state index in [0.717, 1.165) is 5.92 Å².